The lowest BCUT2D eigenvalue weighted by atomic mass is 10.4. The molecule has 0 spiro atoms. The van der Waals surface area contributed by atoms with Crippen LogP contribution >= 0.6 is 22.9 Å². The van der Waals surface area contributed by atoms with Crippen LogP contribution in [-0.4, -0.2) is 20.5 Å². The molecular formula is C7H5ClN2O2S. The molecule has 68 valence electrons. The van der Waals surface area contributed by atoms with Gasteiger partial charge in [-0.25, -0.2) is 9.78 Å². The van der Waals surface area contributed by atoms with Crippen LogP contribution in [0.25, 0.3) is 4.96 Å². The molecule has 13 heavy (non-hydrogen) atoms. The van der Waals surface area contributed by atoms with Crippen LogP contribution in [0, 0.1) is 6.92 Å². The normalized spacial score (nSPS) is 10.9. The second-order valence-corrected chi connectivity index (χ2v) is 3.75. The molecule has 0 amide bonds. The maximum Gasteiger partial charge on any atom is 0.356 e. The largest absolute Gasteiger partial charge is 0.476 e. The SMILES string of the molecule is Cc1csc2nc(Cl)c(C(=O)O)n12. The standard InChI is InChI=1S/C7H5ClN2O2S/c1-3-2-13-7-9-5(8)4(6(11)12)10(3)7/h2H,1H3,(H,11,12). The number of hydrogen-bond donors (Lipinski definition) is 1. The van der Waals surface area contributed by atoms with Crippen molar-refractivity contribution in [3.8, 4) is 0 Å². The smallest absolute Gasteiger partial charge is 0.356 e. The Morgan fingerprint density at radius 1 is 1.77 bits per heavy atom. The summed E-state index contributed by atoms with van der Waals surface area (Å²) in [6.07, 6.45) is 0. The topological polar surface area (TPSA) is 54.6 Å². The van der Waals surface area contributed by atoms with E-state index in [1.165, 1.54) is 15.7 Å². The number of carbonyl (C=O) groups is 1. The van der Waals surface area contributed by atoms with Gasteiger partial charge >= 0.3 is 5.97 Å². The van der Waals surface area contributed by atoms with Crippen LogP contribution in [0.1, 0.15) is 16.2 Å². The molecule has 0 radical (unpaired) electrons. The number of aromatic carboxylic acids is 1. The molecule has 2 aromatic heterocycles. The lowest BCUT2D eigenvalue weighted by Crippen LogP contribution is -2.02. The first kappa shape index (κ1) is 8.52. The Bertz CT molecular complexity index is 488. The number of halogens is 1. The molecule has 0 aliphatic rings. The first-order valence-electron chi connectivity index (χ1n) is 3.46. The number of carboxylic acids is 1. The van der Waals surface area contributed by atoms with Crippen LogP contribution in [0.15, 0.2) is 5.38 Å². The van der Waals surface area contributed by atoms with Crippen LogP contribution in [-0.2, 0) is 0 Å². The summed E-state index contributed by atoms with van der Waals surface area (Å²) >= 11 is 7.04. The summed E-state index contributed by atoms with van der Waals surface area (Å²) in [5.41, 5.74) is 0.868. The molecule has 0 aromatic carbocycles. The highest BCUT2D eigenvalue weighted by molar-refractivity contribution is 7.15. The lowest BCUT2D eigenvalue weighted by Gasteiger charge is -1.93. The molecule has 0 saturated carbocycles. The van der Waals surface area contributed by atoms with E-state index in [1.807, 2.05) is 12.3 Å². The molecule has 4 nitrogen and oxygen atoms in total. The van der Waals surface area contributed by atoms with Crippen molar-refractivity contribution in [1.82, 2.24) is 9.38 Å². The van der Waals surface area contributed by atoms with Crippen molar-refractivity contribution in [3.05, 3.63) is 21.9 Å². The number of aromatic nitrogens is 2. The third-order valence-electron chi connectivity index (χ3n) is 1.69. The molecule has 0 saturated heterocycles. The van der Waals surface area contributed by atoms with Crippen molar-refractivity contribution in [3.63, 3.8) is 0 Å². The van der Waals surface area contributed by atoms with Gasteiger partial charge < -0.3 is 5.11 Å². The maximum atomic E-state index is 10.8. The molecule has 6 heteroatoms. The van der Waals surface area contributed by atoms with Gasteiger partial charge in [0.2, 0.25) is 0 Å². The minimum absolute atomic E-state index is 0.0374. The highest BCUT2D eigenvalue weighted by Gasteiger charge is 2.19. The Morgan fingerprint density at radius 2 is 2.46 bits per heavy atom. The highest BCUT2D eigenvalue weighted by Crippen LogP contribution is 2.23. The quantitative estimate of drug-likeness (QED) is 0.794. The Labute approximate surface area is 82.4 Å². The molecule has 0 atom stereocenters. The molecule has 2 aromatic rings. The predicted molar refractivity (Wildman–Crippen MR) is 49.8 cm³/mol. The first-order chi connectivity index (χ1) is 6.11. The van der Waals surface area contributed by atoms with Gasteiger partial charge in [-0.2, -0.15) is 0 Å². The molecule has 1 N–H and O–H groups in total. The lowest BCUT2D eigenvalue weighted by molar-refractivity contribution is 0.0689. The molecule has 2 heterocycles. The van der Waals surface area contributed by atoms with Crippen LogP contribution in [0.3, 0.4) is 0 Å². The van der Waals surface area contributed by atoms with Gasteiger partial charge in [-0.15, -0.1) is 11.3 Å². The van der Waals surface area contributed by atoms with E-state index in [0.29, 0.717) is 4.96 Å². The number of aryl methyl sites for hydroxylation is 1. The van der Waals surface area contributed by atoms with Crippen LogP contribution in [0.2, 0.25) is 5.15 Å². The van der Waals surface area contributed by atoms with E-state index in [9.17, 15) is 4.79 Å². The molecule has 0 fully saturated rings. The van der Waals surface area contributed by atoms with Gasteiger partial charge in [-0.05, 0) is 6.92 Å². The number of thiazole rings is 1. The fourth-order valence-electron chi connectivity index (χ4n) is 1.16. The van der Waals surface area contributed by atoms with Gasteiger partial charge in [-0.3, -0.25) is 4.40 Å². The average Bonchev–Trinajstić information content (AvgIpc) is 2.51. The third-order valence-corrected chi connectivity index (χ3v) is 2.90. The number of carboxylic acid groups (broad SMARTS) is 1. The summed E-state index contributed by atoms with van der Waals surface area (Å²) in [7, 11) is 0. The molecule has 0 aliphatic heterocycles. The highest BCUT2D eigenvalue weighted by atomic mass is 35.5. The van der Waals surface area contributed by atoms with Gasteiger partial charge in [0.05, 0.1) is 0 Å². The Morgan fingerprint density at radius 3 is 3.08 bits per heavy atom. The summed E-state index contributed by atoms with van der Waals surface area (Å²) < 4.78 is 1.54. The molecular weight excluding hydrogens is 212 g/mol. The van der Waals surface area contributed by atoms with E-state index in [2.05, 4.69) is 4.98 Å². The van der Waals surface area contributed by atoms with Crippen LogP contribution in [0.5, 0.6) is 0 Å². The molecule has 2 rings (SSSR count). The zero-order valence-electron chi connectivity index (χ0n) is 6.61. The molecule has 0 unspecified atom stereocenters. The monoisotopic (exact) mass is 216 g/mol. The fourth-order valence-corrected chi connectivity index (χ4v) is 2.32. The predicted octanol–water partition coefficient (Wildman–Crippen LogP) is 2.06. The van der Waals surface area contributed by atoms with Crippen molar-refractivity contribution < 1.29 is 9.90 Å². The summed E-state index contributed by atoms with van der Waals surface area (Å²) in [4.78, 5) is 15.3. The average molecular weight is 217 g/mol. The number of fused-ring (bicyclic) bond motifs is 1. The molecule has 0 bridgehead atoms. The maximum absolute atomic E-state index is 10.8. The zero-order valence-corrected chi connectivity index (χ0v) is 8.19. The van der Waals surface area contributed by atoms with Crippen molar-refractivity contribution in [1.29, 1.82) is 0 Å². The van der Waals surface area contributed by atoms with Gasteiger partial charge in [-0.1, -0.05) is 11.6 Å². The Hall–Kier alpha value is -1.07. The summed E-state index contributed by atoms with van der Waals surface area (Å²) in [5.74, 6) is -1.06. The Kier molecular flexibility index (Phi) is 1.78. The van der Waals surface area contributed by atoms with E-state index in [0.717, 1.165) is 5.69 Å². The van der Waals surface area contributed by atoms with Crippen molar-refractivity contribution in [2.75, 3.05) is 0 Å². The van der Waals surface area contributed by atoms with Crippen molar-refractivity contribution >= 4 is 33.9 Å². The zero-order chi connectivity index (χ0) is 9.59. The number of hydrogen-bond acceptors (Lipinski definition) is 3. The number of rotatable bonds is 1. The second-order valence-electron chi connectivity index (χ2n) is 2.55. The van der Waals surface area contributed by atoms with Crippen molar-refractivity contribution in [2.45, 2.75) is 6.92 Å². The minimum atomic E-state index is -1.06. The van der Waals surface area contributed by atoms with E-state index in [4.69, 9.17) is 16.7 Å². The van der Waals surface area contributed by atoms with Crippen LogP contribution < -0.4 is 0 Å². The number of nitrogens with zero attached hydrogens (tertiary/aromatic N) is 2. The van der Waals surface area contributed by atoms with Gasteiger partial charge in [0.1, 0.15) is 0 Å². The summed E-state index contributed by atoms with van der Waals surface area (Å²) in [5, 5.41) is 10.7. The van der Waals surface area contributed by atoms with E-state index in [-0.39, 0.29) is 10.8 Å². The minimum Gasteiger partial charge on any atom is -0.476 e. The molecule has 0 aliphatic carbocycles. The summed E-state index contributed by atoms with van der Waals surface area (Å²) in [6.45, 7) is 1.81. The third kappa shape index (κ3) is 1.12. The van der Waals surface area contributed by atoms with E-state index >= 15 is 0 Å². The van der Waals surface area contributed by atoms with Gasteiger partial charge in [0.15, 0.2) is 15.8 Å². The second kappa shape index (κ2) is 2.71. The van der Waals surface area contributed by atoms with Crippen molar-refractivity contribution in [2.24, 2.45) is 0 Å². The van der Waals surface area contributed by atoms with E-state index in [1.54, 1.807) is 0 Å². The number of imidazole rings is 1. The fraction of sp³-hybridized carbons (Fsp3) is 0.143. The van der Waals surface area contributed by atoms with Crippen LogP contribution in [0.4, 0.5) is 0 Å². The van der Waals surface area contributed by atoms with Gasteiger partial charge in [0.25, 0.3) is 0 Å². The first-order valence-corrected chi connectivity index (χ1v) is 4.72. The van der Waals surface area contributed by atoms with Gasteiger partial charge in [0, 0.05) is 11.1 Å². The Balaban J connectivity index is 2.90. The summed E-state index contributed by atoms with van der Waals surface area (Å²) in [6, 6.07) is 0. The van der Waals surface area contributed by atoms with E-state index < -0.39 is 5.97 Å².